The maximum Gasteiger partial charge on any atom is 0.235 e. The smallest absolute Gasteiger partial charge is 0.235 e. The number of nitriles is 1. The lowest BCUT2D eigenvalue weighted by Crippen LogP contribution is -2.46. The number of nitrogens with zero attached hydrogens (tertiary/aromatic N) is 4. The van der Waals surface area contributed by atoms with Gasteiger partial charge in [0.2, 0.25) is 17.5 Å². The fourth-order valence-electron chi connectivity index (χ4n) is 2.70. The van der Waals surface area contributed by atoms with Crippen LogP contribution in [0.1, 0.15) is 24.1 Å². The van der Waals surface area contributed by atoms with Gasteiger partial charge in [0.25, 0.3) is 0 Å². The van der Waals surface area contributed by atoms with Crippen molar-refractivity contribution in [1.82, 2.24) is 9.88 Å². The van der Waals surface area contributed by atoms with Gasteiger partial charge in [-0.25, -0.2) is 4.39 Å². The third-order valence-electron chi connectivity index (χ3n) is 4.13. The number of aromatic nitrogens is 1. The Morgan fingerprint density at radius 1 is 1.21 bits per heavy atom. The van der Waals surface area contributed by atoms with Crippen molar-refractivity contribution in [2.45, 2.75) is 6.92 Å². The van der Waals surface area contributed by atoms with Gasteiger partial charge in [-0.1, -0.05) is 19.1 Å². The SMILES string of the molecule is CCN1CCN(c2oc(/C=C/c3ccc(F)cc3)nc2C#N)CC1. The molecule has 0 saturated carbocycles. The van der Waals surface area contributed by atoms with Crippen LogP contribution >= 0.6 is 0 Å². The molecule has 1 aliphatic heterocycles. The van der Waals surface area contributed by atoms with Gasteiger partial charge in [0, 0.05) is 32.3 Å². The molecule has 0 unspecified atom stereocenters. The first-order valence-electron chi connectivity index (χ1n) is 8.01. The minimum atomic E-state index is -0.274. The summed E-state index contributed by atoms with van der Waals surface area (Å²) in [6.07, 6.45) is 3.48. The number of halogens is 1. The molecule has 0 radical (unpaired) electrons. The van der Waals surface area contributed by atoms with E-state index in [2.05, 4.69) is 27.8 Å². The minimum Gasteiger partial charge on any atom is -0.420 e. The van der Waals surface area contributed by atoms with Crippen LogP contribution in [0.15, 0.2) is 28.7 Å². The van der Waals surface area contributed by atoms with E-state index >= 15 is 0 Å². The lowest BCUT2D eigenvalue weighted by molar-refractivity contribution is 0.266. The quantitative estimate of drug-likeness (QED) is 0.864. The molecule has 1 fully saturated rings. The van der Waals surface area contributed by atoms with Gasteiger partial charge in [-0.3, -0.25) is 0 Å². The van der Waals surface area contributed by atoms with Crippen LogP contribution in [-0.2, 0) is 0 Å². The van der Waals surface area contributed by atoms with Crippen LogP contribution in [0.3, 0.4) is 0 Å². The molecule has 0 aliphatic carbocycles. The zero-order valence-electron chi connectivity index (χ0n) is 13.6. The predicted octanol–water partition coefficient (Wildman–Crippen LogP) is 3.00. The summed E-state index contributed by atoms with van der Waals surface area (Å²) in [6.45, 7) is 6.70. The summed E-state index contributed by atoms with van der Waals surface area (Å²) in [5, 5.41) is 9.30. The van der Waals surface area contributed by atoms with E-state index in [0.717, 1.165) is 38.3 Å². The molecule has 0 amide bonds. The van der Waals surface area contributed by atoms with E-state index in [1.165, 1.54) is 12.1 Å². The summed E-state index contributed by atoms with van der Waals surface area (Å²) < 4.78 is 18.7. The second-order valence-corrected chi connectivity index (χ2v) is 5.62. The number of anilines is 1. The first kappa shape index (κ1) is 16.2. The Bertz CT molecular complexity index is 752. The maximum absolute atomic E-state index is 12.9. The molecule has 124 valence electrons. The van der Waals surface area contributed by atoms with Gasteiger partial charge >= 0.3 is 0 Å². The monoisotopic (exact) mass is 326 g/mol. The molecule has 0 bridgehead atoms. The number of hydrogen-bond donors (Lipinski definition) is 0. The van der Waals surface area contributed by atoms with Crippen LogP contribution in [-0.4, -0.2) is 42.6 Å². The molecule has 5 nitrogen and oxygen atoms in total. The van der Waals surface area contributed by atoms with Crippen molar-refractivity contribution in [2.75, 3.05) is 37.6 Å². The Labute approximate surface area is 140 Å². The molecule has 2 aromatic rings. The summed E-state index contributed by atoms with van der Waals surface area (Å²) in [7, 11) is 0. The highest BCUT2D eigenvalue weighted by atomic mass is 19.1. The third-order valence-corrected chi connectivity index (χ3v) is 4.13. The van der Waals surface area contributed by atoms with E-state index in [0.29, 0.717) is 17.5 Å². The highest BCUT2D eigenvalue weighted by Gasteiger charge is 2.22. The largest absolute Gasteiger partial charge is 0.420 e. The van der Waals surface area contributed by atoms with Crippen molar-refractivity contribution in [1.29, 1.82) is 5.26 Å². The lowest BCUT2D eigenvalue weighted by Gasteiger charge is -2.33. The Balaban J connectivity index is 1.75. The normalized spacial score (nSPS) is 15.8. The molecule has 2 heterocycles. The standard InChI is InChI=1S/C18H19FN4O/c1-2-22-9-11-23(12-10-22)18-16(13-20)21-17(24-18)8-5-14-3-6-15(19)7-4-14/h3-8H,2,9-12H2,1H3/b8-5+. The van der Waals surface area contributed by atoms with E-state index in [4.69, 9.17) is 4.42 Å². The van der Waals surface area contributed by atoms with Crippen molar-refractivity contribution in [3.63, 3.8) is 0 Å². The molecular formula is C18H19FN4O. The van der Waals surface area contributed by atoms with Crippen LogP contribution in [0.4, 0.5) is 10.3 Å². The van der Waals surface area contributed by atoms with Crippen LogP contribution in [0.2, 0.25) is 0 Å². The Morgan fingerprint density at radius 3 is 2.54 bits per heavy atom. The molecule has 6 heteroatoms. The second-order valence-electron chi connectivity index (χ2n) is 5.62. The Kier molecular flexibility index (Phi) is 4.92. The zero-order valence-corrected chi connectivity index (χ0v) is 13.6. The number of benzene rings is 1. The van der Waals surface area contributed by atoms with Gasteiger partial charge in [-0.15, -0.1) is 0 Å². The molecular weight excluding hydrogens is 307 g/mol. The van der Waals surface area contributed by atoms with Crippen molar-refractivity contribution < 1.29 is 8.81 Å². The van der Waals surface area contributed by atoms with E-state index in [9.17, 15) is 9.65 Å². The van der Waals surface area contributed by atoms with Crippen molar-refractivity contribution in [2.24, 2.45) is 0 Å². The Morgan fingerprint density at radius 2 is 1.92 bits per heavy atom. The second kappa shape index (κ2) is 7.28. The van der Waals surface area contributed by atoms with Crippen molar-refractivity contribution in [3.05, 3.63) is 47.2 Å². The molecule has 1 aromatic carbocycles. The number of likely N-dealkylation sites (N-methyl/N-ethyl adjacent to an activating group) is 1. The van der Waals surface area contributed by atoms with Crippen LogP contribution in [0.25, 0.3) is 12.2 Å². The molecule has 0 N–H and O–H groups in total. The maximum atomic E-state index is 12.9. The fourth-order valence-corrected chi connectivity index (χ4v) is 2.70. The highest BCUT2D eigenvalue weighted by Crippen LogP contribution is 2.24. The Hall–Kier alpha value is -2.65. The molecule has 24 heavy (non-hydrogen) atoms. The minimum absolute atomic E-state index is 0.274. The first-order chi connectivity index (χ1) is 11.7. The number of rotatable bonds is 4. The van der Waals surface area contributed by atoms with Gasteiger partial charge in [-0.2, -0.15) is 10.2 Å². The number of piperazine rings is 1. The van der Waals surface area contributed by atoms with Gasteiger partial charge in [0.1, 0.15) is 11.9 Å². The highest BCUT2D eigenvalue weighted by molar-refractivity contribution is 5.67. The van der Waals surface area contributed by atoms with E-state index in [1.807, 2.05) is 0 Å². The average Bonchev–Trinajstić information content (AvgIpc) is 3.04. The van der Waals surface area contributed by atoms with E-state index < -0.39 is 0 Å². The summed E-state index contributed by atoms with van der Waals surface area (Å²) >= 11 is 0. The molecule has 3 rings (SSSR count). The molecule has 1 saturated heterocycles. The van der Waals surface area contributed by atoms with Crippen LogP contribution < -0.4 is 4.90 Å². The van der Waals surface area contributed by atoms with Crippen LogP contribution in [0, 0.1) is 17.1 Å². The lowest BCUT2D eigenvalue weighted by atomic mass is 10.2. The van der Waals surface area contributed by atoms with Gasteiger partial charge in [0.05, 0.1) is 0 Å². The zero-order chi connectivity index (χ0) is 16.9. The summed E-state index contributed by atoms with van der Waals surface area (Å²) in [5.74, 6) is 0.638. The summed E-state index contributed by atoms with van der Waals surface area (Å²) in [4.78, 5) is 8.65. The summed E-state index contributed by atoms with van der Waals surface area (Å²) in [6, 6.07) is 8.24. The summed E-state index contributed by atoms with van der Waals surface area (Å²) in [5.41, 5.74) is 1.14. The third kappa shape index (κ3) is 3.63. The average molecular weight is 326 g/mol. The first-order valence-corrected chi connectivity index (χ1v) is 8.01. The van der Waals surface area contributed by atoms with E-state index in [1.54, 1.807) is 24.3 Å². The fraction of sp³-hybridized carbons (Fsp3) is 0.333. The van der Waals surface area contributed by atoms with Crippen LogP contribution in [0.5, 0.6) is 0 Å². The molecule has 0 spiro atoms. The van der Waals surface area contributed by atoms with Crippen molar-refractivity contribution in [3.8, 4) is 6.07 Å². The van der Waals surface area contributed by atoms with Crippen molar-refractivity contribution >= 4 is 18.0 Å². The molecule has 1 aromatic heterocycles. The van der Waals surface area contributed by atoms with E-state index in [-0.39, 0.29) is 5.82 Å². The molecule has 1 aliphatic rings. The number of oxazole rings is 1. The van der Waals surface area contributed by atoms with Gasteiger partial charge in [-0.05, 0) is 30.3 Å². The number of hydrogen-bond acceptors (Lipinski definition) is 5. The topological polar surface area (TPSA) is 56.3 Å². The van der Waals surface area contributed by atoms with Gasteiger partial charge in [0.15, 0.2) is 0 Å². The predicted molar refractivity (Wildman–Crippen MR) is 90.9 cm³/mol. The van der Waals surface area contributed by atoms with Gasteiger partial charge < -0.3 is 14.2 Å². The molecule has 0 atom stereocenters.